The van der Waals surface area contributed by atoms with Crippen molar-refractivity contribution < 1.29 is 0 Å². The largest absolute Gasteiger partial charge is 0.0795 e. The summed E-state index contributed by atoms with van der Waals surface area (Å²) in [6.07, 6.45) is 5.39. The predicted molar refractivity (Wildman–Crippen MR) is 70.4 cm³/mol. The van der Waals surface area contributed by atoms with E-state index in [2.05, 4.69) is 67.6 Å². The summed E-state index contributed by atoms with van der Waals surface area (Å²) in [5, 5.41) is 0. The number of hydrogen-bond acceptors (Lipinski definition) is 0. The first-order chi connectivity index (χ1) is 7.84. The van der Waals surface area contributed by atoms with Crippen LogP contribution >= 0.6 is 0 Å². The second-order valence-corrected chi connectivity index (χ2v) is 4.01. The molecule has 0 N–H and O–H groups in total. The maximum absolute atomic E-state index is 2.21. The molecule has 2 aromatic rings. The Morgan fingerprint density at radius 1 is 0.938 bits per heavy atom. The van der Waals surface area contributed by atoms with Gasteiger partial charge in [-0.25, -0.2) is 0 Å². The lowest BCUT2D eigenvalue weighted by Gasteiger charge is -1.96. The minimum atomic E-state index is 0.995. The maximum Gasteiger partial charge on any atom is -0.00941 e. The monoisotopic (exact) mass is 208 g/mol. The molecule has 0 aliphatic heterocycles. The number of rotatable bonds is 3. The summed E-state index contributed by atoms with van der Waals surface area (Å²) in [5.41, 5.74) is 3.93. The van der Waals surface area contributed by atoms with E-state index in [1.807, 2.05) is 6.07 Å². The molecule has 0 aromatic heterocycles. The van der Waals surface area contributed by atoms with Crippen LogP contribution in [0, 0.1) is 6.92 Å². The Bertz CT molecular complexity index is 466. The Labute approximate surface area is 97.3 Å². The van der Waals surface area contributed by atoms with Crippen LogP contribution in [0.5, 0.6) is 0 Å². The average Bonchev–Trinajstić information content (AvgIpc) is 2.30. The highest BCUT2D eigenvalue weighted by Gasteiger charge is 1.88. The molecule has 0 aliphatic carbocycles. The summed E-state index contributed by atoms with van der Waals surface area (Å²) in [6.45, 7) is 2.12. The zero-order chi connectivity index (χ0) is 11.2. The summed E-state index contributed by atoms with van der Waals surface area (Å²) in [6, 6.07) is 19.1. The van der Waals surface area contributed by atoms with Gasteiger partial charge in [0, 0.05) is 0 Å². The Balaban J connectivity index is 2.00. The summed E-state index contributed by atoms with van der Waals surface area (Å²) in [5.74, 6) is 0. The molecule has 80 valence electrons. The van der Waals surface area contributed by atoms with E-state index in [1.54, 1.807) is 0 Å². The van der Waals surface area contributed by atoms with E-state index >= 15 is 0 Å². The zero-order valence-corrected chi connectivity index (χ0v) is 9.56. The van der Waals surface area contributed by atoms with Crippen LogP contribution in [0.2, 0.25) is 0 Å². The maximum atomic E-state index is 2.21. The molecule has 0 bridgehead atoms. The van der Waals surface area contributed by atoms with Gasteiger partial charge in [0.25, 0.3) is 0 Å². The molecule has 0 saturated carbocycles. The minimum Gasteiger partial charge on any atom is -0.0795 e. The van der Waals surface area contributed by atoms with Crippen LogP contribution in [-0.4, -0.2) is 0 Å². The normalized spacial score (nSPS) is 10.8. The fraction of sp³-hybridized carbons (Fsp3) is 0.125. The summed E-state index contributed by atoms with van der Waals surface area (Å²) < 4.78 is 0. The van der Waals surface area contributed by atoms with E-state index in [1.165, 1.54) is 16.7 Å². The Kier molecular flexibility index (Phi) is 3.55. The highest BCUT2D eigenvalue weighted by Crippen LogP contribution is 2.07. The molecule has 0 radical (unpaired) electrons. The van der Waals surface area contributed by atoms with Crippen LogP contribution in [-0.2, 0) is 6.42 Å². The molecule has 16 heavy (non-hydrogen) atoms. The number of hydrogen-bond donors (Lipinski definition) is 0. The van der Waals surface area contributed by atoms with Gasteiger partial charge in [-0.2, -0.15) is 0 Å². The first kappa shape index (κ1) is 10.7. The van der Waals surface area contributed by atoms with Crippen LogP contribution < -0.4 is 0 Å². The Morgan fingerprint density at radius 2 is 1.75 bits per heavy atom. The van der Waals surface area contributed by atoms with E-state index in [0.717, 1.165) is 6.42 Å². The van der Waals surface area contributed by atoms with Crippen molar-refractivity contribution >= 4 is 6.08 Å². The van der Waals surface area contributed by atoms with E-state index < -0.39 is 0 Å². The van der Waals surface area contributed by atoms with Gasteiger partial charge in [-0.1, -0.05) is 72.3 Å². The van der Waals surface area contributed by atoms with Crippen LogP contribution in [0.4, 0.5) is 0 Å². The lowest BCUT2D eigenvalue weighted by Crippen LogP contribution is -1.79. The van der Waals surface area contributed by atoms with Crippen molar-refractivity contribution in [2.24, 2.45) is 0 Å². The van der Waals surface area contributed by atoms with Crippen molar-refractivity contribution in [1.82, 2.24) is 0 Å². The van der Waals surface area contributed by atoms with Crippen molar-refractivity contribution in [1.29, 1.82) is 0 Å². The van der Waals surface area contributed by atoms with E-state index in [-0.39, 0.29) is 0 Å². The summed E-state index contributed by atoms with van der Waals surface area (Å²) in [7, 11) is 0. The van der Waals surface area contributed by atoms with Crippen molar-refractivity contribution in [3.05, 3.63) is 77.4 Å². The van der Waals surface area contributed by atoms with Gasteiger partial charge >= 0.3 is 0 Å². The first-order valence-corrected chi connectivity index (χ1v) is 5.62. The minimum absolute atomic E-state index is 0.995. The molecule has 0 aliphatic rings. The number of allylic oxidation sites excluding steroid dienone is 1. The van der Waals surface area contributed by atoms with E-state index in [9.17, 15) is 0 Å². The van der Waals surface area contributed by atoms with Crippen LogP contribution in [0.15, 0.2) is 60.7 Å². The molecule has 0 amide bonds. The van der Waals surface area contributed by atoms with E-state index in [4.69, 9.17) is 0 Å². The van der Waals surface area contributed by atoms with Crippen molar-refractivity contribution in [3.8, 4) is 0 Å². The van der Waals surface area contributed by atoms with Crippen molar-refractivity contribution in [2.45, 2.75) is 13.3 Å². The third-order valence-electron chi connectivity index (χ3n) is 2.55. The Morgan fingerprint density at radius 3 is 2.50 bits per heavy atom. The van der Waals surface area contributed by atoms with Crippen LogP contribution in [0.25, 0.3) is 6.08 Å². The van der Waals surface area contributed by atoms with Crippen LogP contribution in [0.3, 0.4) is 0 Å². The molecule has 0 atom stereocenters. The molecule has 2 rings (SSSR count). The van der Waals surface area contributed by atoms with Gasteiger partial charge < -0.3 is 0 Å². The van der Waals surface area contributed by atoms with Crippen molar-refractivity contribution in [3.63, 3.8) is 0 Å². The molecule has 2 aromatic carbocycles. The molecular weight excluding hydrogens is 192 g/mol. The lowest BCUT2D eigenvalue weighted by molar-refractivity contribution is 1.28. The Hall–Kier alpha value is -1.82. The van der Waals surface area contributed by atoms with Gasteiger partial charge in [0.1, 0.15) is 0 Å². The highest BCUT2D eigenvalue weighted by molar-refractivity contribution is 5.50. The fourth-order valence-electron chi connectivity index (χ4n) is 1.72. The van der Waals surface area contributed by atoms with Gasteiger partial charge in [0.15, 0.2) is 0 Å². The first-order valence-electron chi connectivity index (χ1n) is 5.62. The third-order valence-corrected chi connectivity index (χ3v) is 2.55. The molecule has 0 heterocycles. The lowest BCUT2D eigenvalue weighted by atomic mass is 10.1. The molecular formula is C16H16. The third kappa shape index (κ3) is 3.09. The molecule has 0 spiro atoms. The molecule has 0 unspecified atom stereocenters. The molecule has 0 fully saturated rings. The van der Waals surface area contributed by atoms with Gasteiger partial charge in [0.2, 0.25) is 0 Å². The van der Waals surface area contributed by atoms with E-state index in [0.29, 0.717) is 0 Å². The summed E-state index contributed by atoms with van der Waals surface area (Å²) in [4.78, 5) is 0. The van der Waals surface area contributed by atoms with Gasteiger partial charge in [0.05, 0.1) is 0 Å². The molecule has 0 heteroatoms. The predicted octanol–water partition coefficient (Wildman–Crippen LogP) is 4.25. The van der Waals surface area contributed by atoms with Gasteiger partial charge in [-0.3, -0.25) is 0 Å². The van der Waals surface area contributed by atoms with Gasteiger partial charge in [-0.15, -0.1) is 0 Å². The highest BCUT2D eigenvalue weighted by atomic mass is 13.9. The number of aryl methyl sites for hydroxylation is 1. The van der Waals surface area contributed by atoms with Crippen LogP contribution in [0.1, 0.15) is 16.7 Å². The smallest absolute Gasteiger partial charge is 0.00941 e. The zero-order valence-electron chi connectivity index (χ0n) is 9.56. The topological polar surface area (TPSA) is 0 Å². The number of benzene rings is 2. The fourth-order valence-corrected chi connectivity index (χ4v) is 1.72. The second kappa shape index (κ2) is 5.32. The second-order valence-electron chi connectivity index (χ2n) is 4.01. The van der Waals surface area contributed by atoms with Crippen molar-refractivity contribution in [2.75, 3.05) is 0 Å². The molecule has 0 nitrogen and oxygen atoms in total. The average molecular weight is 208 g/mol. The summed E-state index contributed by atoms with van der Waals surface area (Å²) >= 11 is 0. The molecule has 0 saturated heterocycles. The van der Waals surface area contributed by atoms with Gasteiger partial charge in [-0.05, 0) is 24.5 Å². The standard InChI is InChI=1S/C16H16/c1-14-7-5-11-16(13-14)12-6-10-15-8-3-2-4-9-15/h2-9,11-13H,10H2,1H3. The quantitative estimate of drug-likeness (QED) is 0.707. The SMILES string of the molecule is Cc1cccc(C=CCc2ccccc2)c1.